The molecule has 3 N–H and O–H groups in total. The fourth-order valence-corrected chi connectivity index (χ4v) is 3.10. The van der Waals surface area contributed by atoms with Crippen LogP contribution in [0.2, 0.25) is 0 Å². The highest BCUT2D eigenvalue weighted by Gasteiger charge is 2.16. The van der Waals surface area contributed by atoms with Crippen molar-refractivity contribution >= 4 is 29.3 Å². The molecule has 5 nitrogen and oxygen atoms in total. The van der Waals surface area contributed by atoms with Crippen molar-refractivity contribution in [3.8, 4) is 0 Å². The predicted molar refractivity (Wildman–Crippen MR) is 100 cm³/mol. The van der Waals surface area contributed by atoms with Gasteiger partial charge in [0.1, 0.15) is 0 Å². The first-order valence-corrected chi connectivity index (χ1v) is 8.88. The third-order valence-corrected chi connectivity index (χ3v) is 4.62. The molecule has 6 heteroatoms. The highest BCUT2D eigenvalue weighted by atomic mass is 32.2. The number of aliphatic hydroxyl groups is 1. The summed E-state index contributed by atoms with van der Waals surface area (Å²) in [7, 11) is 0. The van der Waals surface area contributed by atoms with E-state index in [4.69, 9.17) is 0 Å². The molecule has 2 aromatic rings. The lowest BCUT2D eigenvalue weighted by Crippen LogP contribution is -2.34. The summed E-state index contributed by atoms with van der Waals surface area (Å²) in [6.45, 7) is 3.45. The minimum absolute atomic E-state index is 0.120. The maximum absolute atomic E-state index is 12.2. The number of aliphatic hydroxyl groups excluding tert-OH is 1. The summed E-state index contributed by atoms with van der Waals surface area (Å²) in [5, 5.41) is 15.3. The van der Waals surface area contributed by atoms with Crippen LogP contribution in [0.4, 0.5) is 5.69 Å². The molecule has 0 aromatic heterocycles. The Morgan fingerprint density at radius 1 is 1.08 bits per heavy atom. The van der Waals surface area contributed by atoms with E-state index in [1.807, 2.05) is 49.4 Å². The van der Waals surface area contributed by atoms with E-state index >= 15 is 0 Å². The quantitative estimate of drug-likeness (QED) is 0.665. The lowest BCUT2D eigenvalue weighted by atomic mass is 10.1. The molecule has 2 aromatic carbocycles. The van der Waals surface area contributed by atoms with E-state index in [1.54, 1.807) is 12.1 Å². The molecule has 2 amide bonds. The maximum Gasteiger partial charge on any atom is 0.233 e. The highest BCUT2D eigenvalue weighted by molar-refractivity contribution is 8.00. The van der Waals surface area contributed by atoms with Gasteiger partial charge in [-0.1, -0.05) is 30.3 Å². The van der Waals surface area contributed by atoms with E-state index in [9.17, 15) is 14.7 Å². The molecule has 132 valence electrons. The molecular formula is C19H22N2O3S. The molecular weight excluding hydrogens is 336 g/mol. The molecule has 0 aliphatic heterocycles. The second-order valence-electron chi connectivity index (χ2n) is 5.64. The molecule has 0 fully saturated rings. The maximum atomic E-state index is 12.2. The Kier molecular flexibility index (Phi) is 7.03. The van der Waals surface area contributed by atoms with Crippen molar-refractivity contribution in [3.05, 3.63) is 60.2 Å². The Hall–Kier alpha value is -2.31. The standard InChI is InChI=1S/C19H22N2O3S/c1-13(25-17-10-8-16(9-11-17)21-14(2)22)19(24)20-12-18(23)15-6-4-3-5-7-15/h3-11,13,18,23H,12H2,1-2H3,(H,20,24)(H,21,22)/t13-,18-/m1/s1. The van der Waals surface area contributed by atoms with Gasteiger partial charge in [0.25, 0.3) is 0 Å². The molecule has 0 unspecified atom stereocenters. The number of hydrogen-bond acceptors (Lipinski definition) is 4. The average molecular weight is 358 g/mol. The van der Waals surface area contributed by atoms with Gasteiger partial charge in [0.15, 0.2) is 0 Å². The molecule has 2 atom stereocenters. The van der Waals surface area contributed by atoms with Crippen LogP contribution in [0.15, 0.2) is 59.5 Å². The van der Waals surface area contributed by atoms with E-state index in [0.29, 0.717) is 0 Å². The summed E-state index contributed by atoms with van der Waals surface area (Å²) in [6.07, 6.45) is -0.723. The minimum atomic E-state index is -0.723. The molecule has 0 heterocycles. The predicted octanol–water partition coefficient (Wildman–Crippen LogP) is 2.98. The van der Waals surface area contributed by atoms with Gasteiger partial charge in [0.05, 0.1) is 11.4 Å². The first-order chi connectivity index (χ1) is 12.0. The van der Waals surface area contributed by atoms with Gasteiger partial charge >= 0.3 is 0 Å². The molecule has 0 spiro atoms. The van der Waals surface area contributed by atoms with Crippen molar-refractivity contribution in [2.45, 2.75) is 30.1 Å². The molecule has 0 radical (unpaired) electrons. The molecule has 0 saturated carbocycles. The van der Waals surface area contributed by atoms with Crippen molar-refractivity contribution < 1.29 is 14.7 Å². The van der Waals surface area contributed by atoms with Crippen LogP contribution in [-0.2, 0) is 9.59 Å². The molecule has 0 aliphatic rings. The van der Waals surface area contributed by atoms with E-state index in [0.717, 1.165) is 16.1 Å². The SMILES string of the molecule is CC(=O)Nc1ccc(S[C@H](C)C(=O)NC[C@@H](O)c2ccccc2)cc1. The fraction of sp³-hybridized carbons (Fsp3) is 0.263. The van der Waals surface area contributed by atoms with Crippen LogP contribution < -0.4 is 10.6 Å². The number of thioether (sulfide) groups is 1. The van der Waals surface area contributed by atoms with Gasteiger partial charge in [0, 0.05) is 24.1 Å². The molecule has 25 heavy (non-hydrogen) atoms. The highest BCUT2D eigenvalue weighted by Crippen LogP contribution is 2.25. The number of hydrogen-bond donors (Lipinski definition) is 3. The number of amides is 2. The van der Waals surface area contributed by atoms with Crippen molar-refractivity contribution in [2.75, 3.05) is 11.9 Å². The average Bonchev–Trinajstić information content (AvgIpc) is 2.61. The van der Waals surface area contributed by atoms with E-state index in [-0.39, 0.29) is 23.6 Å². The third kappa shape index (κ3) is 6.25. The monoisotopic (exact) mass is 358 g/mol. The Labute approximate surface area is 151 Å². The second kappa shape index (κ2) is 9.25. The summed E-state index contributed by atoms with van der Waals surface area (Å²) in [5.74, 6) is -0.254. The number of nitrogens with one attached hydrogen (secondary N) is 2. The number of rotatable bonds is 7. The van der Waals surface area contributed by atoms with Crippen molar-refractivity contribution in [2.24, 2.45) is 0 Å². The summed E-state index contributed by atoms with van der Waals surface area (Å²) in [4.78, 5) is 24.1. The molecule has 0 saturated heterocycles. The fourth-order valence-electron chi connectivity index (χ4n) is 2.21. The van der Waals surface area contributed by atoms with E-state index < -0.39 is 6.10 Å². The number of carbonyl (C=O) groups is 2. The number of anilines is 1. The van der Waals surface area contributed by atoms with Crippen LogP contribution in [-0.4, -0.2) is 28.7 Å². The summed E-state index contributed by atoms with van der Waals surface area (Å²) >= 11 is 1.42. The third-order valence-electron chi connectivity index (χ3n) is 3.51. The molecule has 2 rings (SSSR count). The summed E-state index contributed by atoms with van der Waals surface area (Å²) < 4.78 is 0. The second-order valence-corrected chi connectivity index (χ2v) is 7.05. The Morgan fingerprint density at radius 3 is 2.32 bits per heavy atom. The first-order valence-electron chi connectivity index (χ1n) is 8.00. The smallest absolute Gasteiger partial charge is 0.233 e. The zero-order valence-electron chi connectivity index (χ0n) is 14.2. The van der Waals surface area contributed by atoms with Crippen LogP contribution in [0.25, 0.3) is 0 Å². The van der Waals surface area contributed by atoms with Gasteiger partial charge in [-0.15, -0.1) is 11.8 Å². The zero-order valence-corrected chi connectivity index (χ0v) is 15.0. The Balaban J connectivity index is 1.82. The number of benzene rings is 2. The van der Waals surface area contributed by atoms with Crippen LogP contribution >= 0.6 is 11.8 Å². The number of carbonyl (C=O) groups excluding carboxylic acids is 2. The van der Waals surface area contributed by atoms with Crippen molar-refractivity contribution in [1.29, 1.82) is 0 Å². The van der Waals surface area contributed by atoms with Crippen LogP contribution in [0.5, 0.6) is 0 Å². The topological polar surface area (TPSA) is 78.4 Å². The van der Waals surface area contributed by atoms with Crippen LogP contribution in [0.3, 0.4) is 0 Å². The molecule has 0 bridgehead atoms. The van der Waals surface area contributed by atoms with Gasteiger partial charge in [-0.05, 0) is 36.8 Å². The summed E-state index contributed by atoms with van der Waals surface area (Å²) in [5.41, 5.74) is 1.50. The van der Waals surface area contributed by atoms with Gasteiger partial charge < -0.3 is 15.7 Å². The largest absolute Gasteiger partial charge is 0.387 e. The normalized spacial score (nSPS) is 12.9. The summed E-state index contributed by atoms with van der Waals surface area (Å²) in [6, 6.07) is 16.5. The lowest BCUT2D eigenvalue weighted by molar-refractivity contribution is -0.120. The Bertz CT molecular complexity index is 704. The van der Waals surface area contributed by atoms with Gasteiger partial charge in [-0.2, -0.15) is 0 Å². The van der Waals surface area contributed by atoms with Gasteiger partial charge in [-0.25, -0.2) is 0 Å². The van der Waals surface area contributed by atoms with Gasteiger partial charge in [0.2, 0.25) is 11.8 Å². The zero-order chi connectivity index (χ0) is 18.2. The molecule has 0 aliphatic carbocycles. The van der Waals surface area contributed by atoms with E-state index in [1.165, 1.54) is 18.7 Å². The first kappa shape index (κ1) is 19.0. The minimum Gasteiger partial charge on any atom is -0.387 e. The van der Waals surface area contributed by atoms with Crippen LogP contribution in [0, 0.1) is 0 Å². The van der Waals surface area contributed by atoms with Crippen LogP contribution in [0.1, 0.15) is 25.5 Å². The van der Waals surface area contributed by atoms with Crippen molar-refractivity contribution in [1.82, 2.24) is 5.32 Å². The lowest BCUT2D eigenvalue weighted by Gasteiger charge is -2.15. The van der Waals surface area contributed by atoms with Gasteiger partial charge in [-0.3, -0.25) is 9.59 Å². The van der Waals surface area contributed by atoms with E-state index in [2.05, 4.69) is 10.6 Å². The van der Waals surface area contributed by atoms with Crippen molar-refractivity contribution in [3.63, 3.8) is 0 Å². The Morgan fingerprint density at radius 2 is 1.72 bits per heavy atom.